The zero-order valence-corrected chi connectivity index (χ0v) is 16.2. The van der Waals surface area contributed by atoms with Crippen LogP contribution in [0.5, 0.6) is 17.2 Å². The molecule has 7 heteroatoms. The molecule has 0 aliphatic rings. The topological polar surface area (TPSA) is 73.3 Å². The molecule has 0 radical (unpaired) electrons. The molecule has 2 aromatic carbocycles. The average molecular weight is 373 g/mol. The molecule has 27 heavy (non-hydrogen) atoms. The van der Waals surface area contributed by atoms with Crippen molar-refractivity contribution in [2.45, 2.75) is 6.61 Å². The van der Waals surface area contributed by atoms with Crippen molar-refractivity contribution in [3.8, 4) is 17.2 Å². The Morgan fingerprint density at radius 2 is 1.63 bits per heavy atom. The number of hydrogen-bond acceptors (Lipinski definition) is 5. The van der Waals surface area contributed by atoms with Gasteiger partial charge in [0.1, 0.15) is 0 Å². The first-order valence-electron chi connectivity index (χ1n) is 8.61. The molecular formula is C20H27N3O4. The quantitative estimate of drug-likeness (QED) is 0.400. The van der Waals surface area contributed by atoms with Crippen molar-refractivity contribution in [2.24, 2.45) is 4.99 Å². The Morgan fingerprint density at radius 3 is 2.19 bits per heavy atom. The van der Waals surface area contributed by atoms with Gasteiger partial charge < -0.3 is 29.6 Å². The number of ether oxygens (including phenoxy) is 4. The minimum atomic E-state index is 0.544. The van der Waals surface area contributed by atoms with E-state index in [0.717, 1.165) is 11.3 Å². The fourth-order valence-electron chi connectivity index (χ4n) is 2.47. The van der Waals surface area contributed by atoms with E-state index in [1.165, 1.54) is 0 Å². The Morgan fingerprint density at radius 1 is 0.963 bits per heavy atom. The summed E-state index contributed by atoms with van der Waals surface area (Å²) < 4.78 is 21.7. The van der Waals surface area contributed by atoms with E-state index < -0.39 is 0 Å². The van der Waals surface area contributed by atoms with E-state index >= 15 is 0 Å². The van der Waals surface area contributed by atoms with Crippen LogP contribution in [0, 0.1) is 0 Å². The lowest BCUT2D eigenvalue weighted by molar-refractivity contribution is 0.125. The summed E-state index contributed by atoms with van der Waals surface area (Å²) in [6.45, 7) is 1.77. The molecule has 0 aliphatic heterocycles. The molecule has 0 amide bonds. The largest absolute Gasteiger partial charge is 0.493 e. The van der Waals surface area contributed by atoms with Crippen LogP contribution in [-0.2, 0) is 11.3 Å². The lowest BCUT2D eigenvalue weighted by atomic mass is 10.2. The van der Waals surface area contributed by atoms with Crippen molar-refractivity contribution in [3.05, 3.63) is 48.0 Å². The van der Waals surface area contributed by atoms with E-state index in [4.69, 9.17) is 18.9 Å². The third-order valence-corrected chi connectivity index (χ3v) is 3.80. The number of anilines is 1. The summed E-state index contributed by atoms with van der Waals surface area (Å²) in [5, 5.41) is 6.41. The summed E-state index contributed by atoms with van der Waals surface area (Å²) in [6, 6.07) is 13.7. The molecule has 0 spiro atoms. The maximum absolute atomic E-state index is 5.67. The lowest BCUT2D eigenvalue weighted by Crippen LogP contribution is -2.33. The Bertz CT molecular complexity index is 710. The zero-order chi connectivity index (χ0) is 19.5. The molecule has 0 saturated carbocycles. The van der Waals surface area contributed by atoms with E-state index in [9.17, 15) is 0 Å². The zero-order valence-electron chi connectivity index (χ0n) is 16.2. The van der Waals surface area contributed by atoms with Crippen molar-refractivity contribution in [2.75, 3.05) is 46.8 Å². The van der Waals surface area contributed by atoms with Gasteiger partial charge in [-0.15, -0.1) is 0 Å². The molecule has 7 nitrogen and oxygen atoms in total. The molecule has 0 unspecified atom stereocenters. The van der Waals surface area contributed by atoms with Crippen LogP contribution >= 0.6 is 0 Å². The molecule has 0 bridgehead atoms. The monoisotopic (exact) mass is 373 g/mol. The predicted molar refractivity (Wildman–Crippen MR) is 107 cm³/mol. The molecule has 2 aromatic rings. The minimum Gasteiger partial charge on any atom is -0.493 e. The Balaban J connectivity index is 1.87. The normalized spacial score (nSPS) is 11.0. The van der Waals surface area contributed by atoms with Gasteiger partial charge in [0.25, 0.3) is 0 Å². The highest BCUT2D eigenvalue weighted by Gasteiger charge is 2.13. The highest BCUT2D eigenvalue weighted by Crippen LogP contribution is 2.39. The van der Waals surface area contributed by atoms with Crippen LogP contribution in [0.25, 0.3) is 0 Å². The van der Waals surface area contributed by atoms with Gasteiger partial charge in [-0.05, 0) is 5.56 Å². The van der Waals surface area contributed by atoms with Crippen LogP contribution < -0.4 is 24.8 Å². The van der Waals surface area contributed by atoms with Gasteiger partial charge in [-0.1, -0.05) is 30.3 Å². The average Bonchev–Trinajstić information content (AvgIpc) is 2.72. The van der Waals surface area contributed by atoms with E-state index in [1.54, 1.807) is 28.4 Å². The Kier molecular flexibility index (Phi) is 8.25. The summed E-state index contributed by atoms with van der Waals surface area (Å²) in [4.78, 5) is 4.22. The van der Waals surface area contributed by atoms with Crippen LogP contribution in [0.4, 0.5) is 5.69 Å². The highest BCUT2D eigenvalue weighted by molar-refractivity contribution is 5.94. The van der Waals surface area contributed by atoms with Crippen molar-refractivity contribution < 1.29 is 18.9 Å². The number of nitrogens with zero attached hydrogens (tertiary/aromatic N) is 1. The van der Waals surface area contributed by atoms with E-state index in [0.29, 0.717) is 43.0 Å². The van der Waals surface area contributed by atoms with Gasteiger partial charge in [0.2, 0.25) is 5.75 Å². The van der Waals surface area contributed by atoms with Crippen LogP contribution in [0.15, 0.2) is 47.5 Å². The summed E-state index contributed by atoms with van der Waals surface area (Å²) in [6.07, 6.45) is 0. The first-order valence-corrected chi connectivity index (χ1v) is 8.61. The highest BCUT2D eigenvalue weighted by atomic mass is 16.5. The van der Waals surface area contributed by atoms with Gasteiger partial charge in [0.05, 0.1) is 34.5 Å². The van der Waals surface area contributed by atoms with E-state index in [2.05, 4.69) is 15.6 Å². The third-order valence-electron chi connectivity index (χ3n) is 3.80. The standard InChI is InChI=1S/C20H27N3O4/c1-21-20(22-10-11-27-14-15-8-6-5-7-9-15)23-16-12-17(24-2)19(26-4)18(13-16)25-3/h5-9,12-13H,10-11,14H2,1-4H3,(H2,21,22,23). The van der Waals surface area contributed by atoms with Crippen LogP contribution in [0.1, 0.15) is 5.56 Å². The van der Waals surface area contributed by atoms with E-state index in [1.807, 2.05) is 42.5 Å². The smallest absolute Gasteiger partial charge is 0.203 e. The molecule has 2 N–H and O–H groups in total. The SMILES string of the molecule is CN=C(NCCOCc1ccccc1)Nc1cc(OC)c(OC)c(OC)c1. The molecule has 0 atom stereocenters. The summed E-state index contributed by atoms with van der Waals surface area (Å²) in [7, 11) is 6.44. The number of guanidine groups is 1. The molecule has 2 rings (SSSR count). The second-order valence-corrected chi connectivity index (χ2v) is 5.58. The Labute approximate surface area is 160 Å². The van der Waals surface area contributed by atoms with Crippen LogP contribution in [0.3, 0.4) is 0 Å². The number of hydrogen-bond donors (Lipinski definition) is 2. The fourth-order valence-corrected chi connectivity index (χ4v) is 2.47. The molecule has 146 valence electrons. The first kappa shape index (κ1) is 20.4. The number of methoxy groups -OCH3 is 3. The molecule has 0 aliphatic carbocycles. The summed E-state index contributed by atoms with van der Waals surface area (Å²) >= 11 is 0. The van der Waals surface area contributed by atoms with Crippen molar-refractivity contribution in [3.63, 3.8) is 0 Å². The molecular weight excluding hydrogens is 346 g/mol. The molecule has 0 fully saturated rings. The second kappa shape index (κ2) is 10.9. The van der Waals surface area contributed by atoms with Crippen LogP contribution in [0.2, 0.25) is 0 Å². The Hall–Kier alpha value is -2.93. The van der Waals surface area contributed by atoms with Gasteiger partial charge in [-0.2, -0.15) is 0 Å². The number of rotatable bonds is 9. The van der Waals surface area contributed by atoms with E-state index in [-0.39, 0.29) is 0 Å². The number of benzene rings is 2. The first-order chi connectivity index (χ1) is 13.2. The van der Waals surface area contributed by atoms with Crippen molar-refractivity contribution >= 4 is 11.6 Å². The fraction of sp³-hybridized carbons (Fsp3) is 0.350. The lowest BCUT2D eigenvalue weighted by Gasteiger charge is -2.16. The third kappa shape index (κ3) is 6.07. The van der Waals surface area contributed by atoms with Gasteiger partial charge in [0, 0.05) is 31.4 Å². The number of nitrogens with one attached hydrogen (secondary N) is 2. The molecule has 0 saturated heterocycles. The van der Waals surface area contributed by atoms with Crippen molar-refractivity contribution in [1.29, 1.82) is 0 Å². The number of aliphatic imine (C=N–C) groups is 1. The van der Waals surface area contributed by atoms with Gasteiger partial charge in [0.15, 0.2) is 17.5 Å². The van der Waals surface area contributed by atoms with Crippen LogP contribution in [-0.4, -0.2) is 47.5 Å². The van der Waals surface area contributed by atoms with Gasteiger partial charge in [-0.25, -0.2) is 0 Å². The molecule has 0 aromatic heterocycles. The summed E-state index contributed by atoms with van der Waals surface area (Å²) in [5.41, 5.74) is 1.92. The van der Waals surface area contributed by atoms with Gasteiger partial charge >= 0.3 is 0 Å². The second-order valence-electron chi connectivity index (χ2n) is 5.58. The summed E-state index contributed by atoms with van der Waals surface area (Å²) in [5.74, 6) is 2.30. The molecule has 0 heterocycles. The minimum absolute atomic E-state index is 0.544. The van der Waals surface area contributed by atoms with Gasteiger partial charge in [-0.3, -0.25) is 4.99 Å². The predicted octanol–water partition coefficient (Wildman–Crippen LogP) is 2.92. The maximum atomic E-state index is 5.67. The van der Waals surface area contributed by atoms with Crippen molar-refractivity contribution in [1.82, 2.24) is 5.32 Å². The maximum Gasteiger partial charge on any atom is 0.203 e.